The molecule has 1 amide bonds. The molecule has 2 rings (SSSR count). The summed E-state index contributed by atoms with van der Waals surface area (Å²) >= 11 is 6.02. The predicted molar refractivity (Wildman–Crippen MR) is 99.9 cm³/mol. The average Bonchev–Trinajstić information content (AvgIpc) is 2.64. The molecule has 0 unspecified atom stereocenters. The number of carbonyl (C=O) groups excluding carboxylic acids is 2. The van der Waals surface area contributed by atoms with E-state index in [1.807, 2.05) is 32.0 Å². The average molecular weight is 376 g/mol. The lowest BCUT2D eigenvalue weighted by molar-refractivity contribution is -0.124. The van der Waals surface area contributed by atoms with Gasteiger partial charge in [0.1, 0.15) is 0 Å². The fourth-order valence-electron chi connectivity index (χ4n) is 2.10. The lowest BCUT2D eigenvalue weighted by Crippen LogP contribution is -2.28. The van der Waals surface area contributed by atoms with Gasteiger partial charge < -0.3 is 14.8 Å². The van der Waals surface area contributed by atoms with Gasteiger partial charge in [-0.15, -0.1) is 0 Å². The Bertz CT molecular complexity index is 744. The molecule has 0 atom stereocenters. The van der Waals surface area contributed by atoms with Crippen LogP contribution in [0.3, 0.4) is 0 Å². The minimum absolute atomic E-state index is 0.143. The van der Waals surface area contributed by atoms with Crippen molar-refractivity contribution in [3.63, 3.8) is 0 Å². The van der Waals surface area contributed by atoms with E-state index in [0.29, 0.717) is 17.2 Å². The number of hydrogen-bond acceptors (Lipinski definition) is 4. The monoisotopic (exact) mass is 375 g/mol. The molecule has 0 aromatic heterocycles. The molecular weight excluding hydrogens is 354 g/mol. The van der Waals surface area contributed by atoms with Crippen molar-refractivity contribution in [2.75, 3.05) is 6.61 Å². The largest absolute Gasteiger partial charge is 0.452 e. The Morgan fingerprint density at radius 2 is 1.77 bits per heavy atom. The van der Waals surface area contributed by atoms with Crippen LogP contribution < -0.4 is 5.32 Å². The molecule has 5 nitrogen and oxygen atoms in total. The van der Waals surface area contributed by atoms with E-state index < -0.39 is 5.97 Å². The molecule has 0 heterocycles. The van der Waals surface area contributed by atoms with Crippen molar-refractivity contribution in [2.45, 2.75) is 33.1 Å². The summed E-state index contributed by atoms with van der Waals surface area (Å²) in [6.45, 7) is 4.34. The number of amides is 1. The van der Waals surface area contributed by atoms with Crippen LogP contribution in [0.15, 0.2) is 48.5 Å². The van der Waals surface area contributed by atoms with Gasteiger partial charge in [-0.1, -0.05) is 41.9 Å². The molecule has 2 aromatic carbocycles. The van der Waals surface area contributed by atoms with Gasteiger partial charge in [0, 0.05) is 11.6 Å². The molecule has 6 heteroatoms. The molecule has 1 N–H and O–H groups in total. The summed E-state index contributed by atoms with van der Waals surface area (Å²) in [4.78, 5) is 23.8. The van der Waals surface area contributed by atoms with Gasteiger partial charge in [0.25, 0.3) is 5.91 Å². The molecule has 0 saturated carbocycles. The van der Waals surface area contributed by atoms with Gasteiger partial charge in [0.2, 0.25) is 0 Å². The van der Waals surface area contributed by atoms with Gasteiger partial charge >= 0.3 is 5.97 Å². The smallest absolute Gasteiger partial charge is 0.338 e. The fraction of sp³-hybridized carbons (Fsp3) is 0.300. The van der Waals surface area contributed by atoms with E-state index in [9.17, 15) is 9.59 Å². The number of nitrogens with one attached hydrogen (secondary N) is 1. The number of benzene rings is 2. The van der Waals surface area contributed by atoms with E-state index in [2.05, 4.69) is 5.32 Å². The molecule has 0 radical (unpaired) electrons. The maximum atomic E-state index is 12.0. The molecule has 0 aliphatic rings. The second-order valence-electron chi connectivity index (χ2n) is 6.00. The van der Waals surface area contributed by atoms with Crippen molar-refractivity contribution in [2.24, 2.45) is 0 Å². The van der Waals surface area contributed by atoms with E-state index in [-0.39, 0.29) is 25.2 Å². The van der Waals surface area contributed by atoms with E-state index in [1.54, 1.807) is 30.3 Å². The Balaban J connectivity index is 1.77. The zero-order valence-electron chi connectivity index (χ0n) is 14.8. The molecular formula is C20H22ClNO4. The summed E-state index contributed by atoms with van der Waals surface area (Å²) in [6.07, 6.45) is 0.143. The van der Waals surface area contributed by atoms with Crippen LogP contribution in [0.4, 0.5) is 0 Å². The highest BCUT2D eigenvalue weighted by atomic mass is 35.5. The summed E-state index contributed by atoms with van der Waals surface area (Å²) in [6, 6.07) is 14.1. The second kappa shape index (κ2) is 9.94. The maximum Gasteiger partial charge on any atom is 0.338 e. The highest BCUT2D eigenvalue weighted by Gasteiger charge is 2.11. The van der Waals surface area contributed by atoms with E-state index >= 15 is 0 Å². The van der Waals surface area contributed by atoms with Crippen LogP contribution in [0.1, 0.15) is 35.3 Å². The van der Waals surface area contributed by atoms with Crippen LogP contribution in [0.5, 0.6) is 0 Å². The van der Waals surface area contributed by atoms with Crippen LogP contribution >= 0.6 is 11.6 Å². The summed E-state index contributed by atoms with van der Waals surface area (Å²) in [5.74, 6) is -0.936. The number of rotatable bonds is 8. The molecule has 138 valence electrons. The SMILES string of the molecule is CC(C)OCc1ccc(C(=O)OCC(=O)NCc2ccccc2Cl)cc1. The normalized spacial score (nSPS) is 10.6. The predicted octanol–water partition coefficient (Wildman–Crippen LogP) is 3.74. The Hall–Kier alpha value is -2.37. The van der Waals surface area contributed by atoms with E-state index in [0.717, 1.165) is 11.1 Å². The van der Waals surface area contributed by atoms with Crippen molar-refractivity contribution in [3.8, 4) is 0 Å². The third-order valence-corrected chi connectivity index (χ3v) is 3.91. The molecule has 26 heavy (non-hydrogen) atoms. The van der Waals surface area contributed by atoms with Crippen molar-refractivity contribution >= 4 is 23.5 Å². The Morgan fingerprint density at radius 1 is 1.08 bits per heavy atom. The third kappa shape index (κ3) is 6.50. The van der Waals surface area contributed by atoms with Crippen LogP contribution in [-0.2, 0) is 27.4 Å². The first kappa shape index (κ1) is 19.9. The highest BCUT2D eigenvalue weighted by molar-refractivity contribution is 6.31. The molecule has 0 aliphatic heterocycles. The van der Waals surface area contributed by atoms with Crippen molar-refractivity contribution in [1.82, 2.24) is 5.32 Å². The number of esters is 1. The maximum absolute atomic E-state index is 12.0. The number of ether oxygens (including phenoxy) is 2. The Labute approximate surface area is 158 Å². The first-order chi connectivity index (χ1) is 12.5. The third-order valence-electron chi connectivity index (χ3n) is 3.54. The lowest BCUT2D eigenvalue weighted by atomic mass is 10.1. The van der Waals surface area contributed by atoms with Crippen LogP contribution in [0, 0.1) is 0 Å². The Morgan fingerprint density at radius 3 is 2.42 bits per heavy atom. The number of halogens is 1. The van der Waals surface area contributed by atoms with E-state index in [4.69, 9.17) is 21.1 Å². The summed E-state index contributed by atoms with van der Waals surface area (Å²) < 4.78 is 10.5. The fourth-order valence-corrected chi connectivity index (χ4v) is 2.30. The minimum atomic E-state index is -0.547. The van der Waals surface area contributed by atoms with Crippen LogP contribution in [0.2, 0.25) is 5.02 Å². The molecule has 0 bridgehead atoms. The first-order valence-corrected chi connectivity index (χ1v) is 8.71. The van der Waals surface area contributed by atoms with Gasteiger partial charge in [0.05, 0.1) is 18.3 Å². The summed E-state index contributed by atoms with van der Waals surface area (Å²) in [5.41, 5.74) is 2.15. The van der Waals surface area contributed by atoms with Gasteiger partial charge in [-0.2, -0.15) is 0 Å². The molecule has 0 saturated heterocycles. The summed E-state index contributed by atoms with van der Waals surface area (Å²) in [5, 5.41) is 3.24. The van der Waals surface area contributed by atoms with Gasteiger partial charge in [-0.3, -0.25) is 4.79 Å². The number of hydrogen-bond donors (Lipinski definition) is 1. The quantitative estimate of drug-likeness (QED) is 0.714. The second-order valence-corrected chi connectivity index (χ2v) is 6.41. The van der Waals surface area contributed by atoms with Crippen molar-refractivity contribution in [3.05, 3.63) is 70.2 Å². The molecule has 0 aliphatic carbocycles. The topological polar surface area (TPSA) is 64.6 Å². The van der Waals surface area contributed by atoms with Gasteiger partial charge in [-0.05, 0) is 43.2 Å². The highest BCUT2D eigenvalue weighted by Crippen LogP contribution is 2.14. The lowest BCUT2D eigenvalue weighted by Gasteiger charge is -2.09. The minimum Gasteiger partial charge on any atom is -0.452 e. The van der Waals surface area contributed by atoms with Crippen molar-refractivity contribution in [1.29, 1.82) is 0 Å². The van der Waals surface area contributed by atoms with Gasteiger partial charge in [-0.25, -0.2) is 4.79 Å². The standard InChI is InChI=1S/C20H22ClNO4/c1-14(2)25-12-15-7-9-16(10-8-15)20(24)26-13-19(23)22-11-17-5-3-4-6-18(17)21/h3-10,14H,11-13H2,1-2H3,(H,22,23). The van der Waals surface area contributed by atoms with Crippen molar-refractivity contribution < 1.29 is 19.1 Å². The van der Waals surface area contributed by atoms with Crippen LogP contribution in [0.25, 0.3) is 0 Å². The first-order valence-electron chi connectivity index (χ1n) is 8.33. The zero-order chi connectivity index (χ0) is 18.9. The van der Waals surface area contributed by atoms with E-state index in [1.165, 1.54) is 0 Å². The Kier molecular flexibility index (Phi) is 7.63. The molecule has 0 spiro atoms. The molecule has 0 fully saturated rings. The summed E-state index contributed by atoms with van der Waals surface area (Å²) in [7, 11) is 0. The molecule has 2 aromatic rings. The van der Waals surface area contributed by atoms with Gasteiger partial charge in [0.15, 0.2) is 6.61 Å². The van der Waals surface area contributed by atoms with Crippen LogP contribution in [-0.4, -0.2) is 24.6 Å². The zero-order valence-corrected chi connectivity index (χ0v) is 15.6. The number of carbonyl (C=O) groups is 2.